The van der Waals surface area contributed by atoms with Crippen molar-refractivity contribution in [3.63, 3.8) is 0 Å². The van der Waals surface area contributed by atoms with Crippen molar-refractivity contribution in [3.05, 3.63) is 0 Å². The number of nitrogens with two attached hydrogens (primary N) is 1. The molecule has 0 aliphatic carbocycles. The highest BCUT2D eigenvalue weighted by molar-refractivity contribution is 7.53. The van der Waals surface area contributed by atoms with Crippen molar-refractivity contribution < 1.29 is 9.46 Å². The lowest BCUT2D eigenvalue weighted by Gasteiger charge is -2.26. The van der Waals surface area contributed by atoms with Gasteiger partial charge in [0.05, 0.1) is 0 Å². The van der Waals surface area contributed by atoms with Gasteiger partial charge < -0.3 is 10.6 Å². The number of hydrogen-bond donors (Lipinski definition) is 3. The summed E-state index contributed by atoms with van der Waals surface area (Å²) >= 11 is 11.1. The Kier molecular flexibility index (Phi) is 9.14. The molecule has 0 fully saturated rings. The topological polar surface area (TPSA) is 78.6 Å². The van der Waals surface area contributed by atoms with E-state index in [-0.39, 0.29) is 0 Å². The third-order valence-electron chi connectivity index (χ3n) is 1.77. The molecule has 0 saturated carbocycles. The summed E-state index contributed by atoms with van der Waals surface area (Å²) in [5.74, 6) is 0.583. The first kappa shape index (κ1) is 15.7. The predicted octanol–water partition coefficient (Wildman–Crippen LogP) is 0.805. The summed E-state index contributed by atoms with van der Waals surface area (Å²) in [7, 11) is -3.51. The summed E-state index contributed by atoms with van der Waals surface area (Å²) in [6.07, 6.45) is 0.653. The molecule has 0 aromatic carbocycles. The molecule has 15 heavy (non-hydrogen) atoms. The van der Waals surface area contributed by atoms with Gasteiger partial charge in [0, 0.05) is 31.4 Å². The molecular formula is C7H18Cl2N3O2P. The van der Waals surface area contributed by atoms with Crippen LogP contribution < -0.4 is 10.8 Å². The first-order chi connectivity index (χ1) is 7.08. The number of nitrogens with one attached hydrogen (secondary N) is 1. The molecule has 0 aliphatic heterocycles. The molecule has 4 N–H and O–H groups in total. The predicted molar refractivity (Wildman–Crippen MR) is 64.5 cm³/mol. The molecule has 0 aliphatic rings. The van der Waals surface area contributed by atoms with Gasteiger partial charge in [0.25, 0.3) is 0 Å². The van der Waals surface area contributed by atoms with Crippen LogP contribution in [-0.2, 0) is 4.57 Å². The van der Waals surface area contributed by atoms with Crippen molar-refractivity contribution in [3.8, 4) is 0 Å². The van der Waals surface area contributed by atoms with Gasteiger partial charge in [-0.1, -0.05) is 0 Å². The average Bonchev–Trinajstić information content (AvgIpc) is 2.18. The minimum atomic E-state index is -3.51. The molecule has 0 saturated heterocycles. The molecular weight excluding hydrogens is 260 g/mol. The van der Waals surface area contributed by atoms with Gasteiger partial charge in [-0.25, -0.2) is 9.76 Å². The second-order valence-electron chi connectivity index (χ2n) is 2.93. The molecule has 5 nitrogen and oxygen atoms in total. The Morgan fingerprint density at radius 2 is 1.87 bits per heavy atom. The minimum Gasteiger partial charge on any atom is -0.330 e. The number of halogens is 2. The molecule has 0 bridgehead atoms. The van der Waals surface area contributed by atoms with Crippen molar-refractivity contribution >= 4 is 30.9 Å². The van der Waals surface area contributed by atoms with Crippen LogP contribution in [0.5, 0.6) is 0 Å². The Bertz CT molecular complexity index is 203. The van der Waals surface area contributed by atoms with Crippen LogP contribution in [-0.4, -0.2) is 47.5 Å². The van der Waals surface area contributed by atoms with Crippen LogP contribution in [0.1, 0.15) is 6.42 Å². The molecule has 0 spiro atoms. The Hall–Kier alpha value is 0.650. The maximum Gasteiger partial charge on any atom is 0.340 e. The van der Waals surface area contributed by atoms with E-state index in [2.05, 4.69) is 5.09 Å². The highest BCUT2D eigenvalue weighted by Gasteiger charge is 2.26. The smallest absolute Gasteiger partial charge is 0.330 e. The number of alkyl halides is 2. The fraction of sp³-hybridized carbons (Fsp3) is 1.00. The van der Waals surface area contributed by atoms with Crippen molar-refractivity contribution in [2.45, 2.75) is 6.42 Å². The molecule has 8 heteroatoms. The fourth-order valence-electron chi connectivity index (χ4n) is 1.00. The Morgan fingerprint density at radius 1 is 1.33 bits per heavy atom. The summed E-state index contributed by atoms with van der Waals surface area (Å²) in [5.41, 5.74) is 5.28. The van der Waals surface area contributed by atoms with E-state index < -0.39 is 7.67 Å². The number of rotatable bonds is 9. The lowest BCUT2D eigenvalue weighted by atomic mass is 10.4. The normalized spacial score (nSPS) is 15.5. The standard InChI is InChI=1S/C7H18Cl2N3O2P/c8-2-6-12(7-3-9)15(13,14)11-5-1-4-10/h1-7,10H2,(H2,11,13,14). The lowest BCUT2D eigenvalue weighted by Crippen LogP contribution is -2.32. The number of nitrogens with zero attached hydrogens (tertiary/aromatic N) is 1. The molecule has 0 rings (SSSR count). The zero-order valence-corrected chi connectivity index (χ0v) is 10.9. The summed E-state index contributed by atoms with van der Waals surface area (Å²) in [6, 6.07) is 0. The third kappa shape index (κ3) is 6.74. The molecule has 0 heterocycles. The molecule has 92 valence electrons. The average molecular weight is 278 g/mol. The molecule has 1 atom stereocenters. The molecule has 0 aromatic rings. The van der Waals surface area contributed by atoms with Crippen molar-refractivity contribution in [2.24, 2.45) is 5.73 Å². The highest BCUT2D eigenvalue weighted by atomic mass is 35.5. The van der Waals surface area contributed by atoms with E-state index in [1.165, 1.54) is 4.67 Å². The van der Waals surface area contributed by atoms with E-state index in [0.717, 1.165) is 0 Å². The summed E-state index contributed by atoms with van der Waals surface area (Å²) in [5, 5.41) is 2.57. The van der Waals surface area contributed by atoms with Gasteiger partial charge in [0.15, 0.2) is 0 Å². The van der Waals surface area contributed by atoms with Crippen LogP contribution in [0.3, 0.4) is 0 Å². The van der Waals surface area contributed by atoms with Gasteiger partial charge in [-0.3, -0.25) is 4.57 Å². The summed E-state index contributed by atoms with van der Waals surface area (Å²) in [4.78, 5) is 9.68. The van der Waals surface area contributed by atoms with Crippen molar-refractivity contribution in [1.29, 1.82) is 0 Å². The van der Waals surface area contributed by atoms with Gasteiger partial charge in [0.2, 0.25) is 0 Å². The SMILES string of the molecule is NCCCNP(=O)(O)N(CCCl)CCCl. The van der Waals surface area contributed by atoms with Crippen molar-refractivity contribution in [2.75, 3.05) is 37.9 Å². The minimum absolute atomic E-state index is 0.292. The summed E-state index contributed by atoms with van der Waals surface area (Å²) in [6.45, 7) is 1.55. The van der Waals surface area contributed by atoms with Gasteiger partial charge in [0.1, 0.15) is 0 Å². The quantitative estimate of drug-likeness (QED) is 0.330. The van der Waals surface area contributed by atoms with Crippen LogP contribution in [0.25, 0.3) is 0 Å². The molecule has 1 unspecified atom stereocenters. The summed E-state index contributed by atoms with van der Waals surface area (Å²) < 4.78 is 13.1. The fourth-order valence-corrected chi connectivity index (χ4v) is 3.04. The Balaban J connectivity index is 4.15. The van der Waals surface area contributed by atoms with E-state index in [1.54, 1.807) is 0 Å². The Morgan fingerprint density at radius 3 is 2.27 bits per heavy atom. The highest BCUT2D eigenvalue weighted by Crippen LogP contribution is 2.39. The second-order valence-corrected chi connectivity index (χ2v) is 5.65. The van der Waals surface area contributed by atoms with E-state index in [1.807, 2.05) is 0 Å². The van der Waals surface area contributed by atoms with E-state index in [0.29, 0.717) is 44.4 Å². The van der Waals surface area contributed by atoms with Crippen LogP contribution in [0.4, 0.5) is 0 Å². The van der Waals surface area contributed by atoms with Crippen LogP contribution in [0.15, 0.2) is 0 Å². The second kappa shape index (κ2) is 8.76. The maximum atomic E-state index is 11.8. The largest absolute Gasteiger partial charge is 0.340 e. The van der Waals surface area contributed by atoms with E-state index in [4.69, 9.17) is 28.9 Å². The molecule has 0 aromatic heterocycles. The van der Waals surface area contributed by atoms with Gasteiger partial charge in [-0.05, 0) is 13.0 Å². The zero-order valence-electron chi connectivity index (χ0n) is 8.53. The van der Waals surface area contributed by atoms with Gasteiger partial charge in [-0.2, -0.15) is 0 Å². The monoisotopic (exact) mass is 277 g/mol. The first-order valence-electron chi connectivity index (χ1n) is 4.73. The van der Waals surface area contributed by atoms with E-state index in [9.17, 15) is 9.46 Å². The first-order valence-corrected chi connectivity index (χ1v) is 7.42. The van der Waals surface area contributed by atoms with Crippen molar-refractivity contribution in [1.82, 2.24) is 9.76 Å². The zero-order chi connectivity index (χ0) is 11.7. The van der Waals surface area contributed by atoms with Gasteiger partial charge in [-0.15, -0.1) is 23.2 Å². The molecule has 0 radical (unpaired) electrons. The lowest BCUT2D eigenvalue weighted by molar-refractivity contribution is 0.353. The van der Waals surface area contributed by atoms with Crippen LogP contribution in [0.2, 0.25) is 0 Å². The van der Waals surface area contributed by atoms with Gasteiger partial charge >= 0.3 is 7.67 Å². The van der Waals surface area contributed by atoms with E-state index >= 15 is 0 Å². The number of hydrogen-bond acceptors (Lipinski definition) is 2. The Labute approximate surface area is 100 Å². The maximum absolute atomic E-state index is 11.8. The van der Waals surface area contributed by atoms with Crippen LogP contribution >= 0.6 is 30.9 Å². The van der Waals surface area contributed by atoms with Crippen LogP contribution in [0, 0.1) is 0 Å². The third-order valence-corrected chi connectivity index (χ3v) is 3.91. The molecule has 0 amide bonds.